The number of rotatable bonds is 3. The number of hydrogen-bond donors (Lipinski definition) is 1. The molecule has 0 bridgehead atoms. The van der Waals surface area contributed by atoms with E-state index in [1.54, 1.807) is 37.7 Å². The number of aromatic nitrogens is 3. The van der Waals surface area contributed by atoms with Crippen LogP contribution in [0.1, 0.15) is 0 Å². The van der Waals surface area contributed by atoms with Crippen LogP contribution in [0.2, 0.25) is 0 Å². The van der Waals surface area contributed by atoms with Crippen molar-refractivity contribution in [3.63, 3.8) is 0 Å². The molecule has 0 aliphatic heterocycles. The smallest absolute Gasteiger partial charge is 0.260 e. The molecular formula is C14H11BrN4O2. The topological polar surface area (TPSA) is 87.1 Å². The van der Waals surface area contributed by atoms with E-state index in [2.05, 4.69) is 31.1 Å². The average molecular weight is 347 g/mol. The fourth-order valence-electron chi connectivity index (χ4n) is 1.83. The third-order valence-corrected chi connectivity index (χ3v) is 3.31. The quantitative estimate of drug-likeness (QED) is 0.733. The first-order valence-electron chi connectivity index (χ1n) is 6.06. The van der Waals surface area contributed by atoms with Crippen molar-refractivity contribution in [3.8, 4) is 28.6 Å². The van der Waals surface area contributed by atoms with Gasteiger partial charge in [0.05, 0.1) is 12.7 Å². The van der Waals surface area contributed by atoms with Gasteiger partial charge >= 0.3 is 0 Å². The maximum Gasteiger partial charge on any atom is 0.260 e. The Labute approximate surface area is 129 Å². The molecule has 2 N–H and O–H groups in total. The number of nitrogens with two attached hydrogens (primary N) is 1. The zero-order valence-corrected chi connectivity index (χ0v) is 12.7. The first kappa shape index (κ1) is 13.6. The first-order chi connectivity index (χ1) is 10.2. The molecule has 1 aromatic carbocycles. The molecule has 0 saturated carbocycles. The van der Waals surface area contributed by atoms with Crippen LogP contribution in [-0.4, -0.2) is 22.2 Å². The predicted molar refractivity (Wildman–Crippen MR) is 81.6 cm³/mol. The number of ether oxygens (including phenoxy) is 1. The van der Waals surface area contributed by atoms with Gasteiger partial charge in [0, 0.05) is 28.1 Å². The van der Waals surface area contributed by atoms with Crippen molar-refractivity contribution >= 4 is 21.6 Å². The van der Waals surface area contributed by atoms with Crippen molar-refractivity contribution in [2.24, 2.45) is 0 Å². The Kier molecular flexibility index (Phi) is 3.57. The second-order valence-corrected chi connectivity index (χ2v) is 5.18. The predicted octanol–water partition coefficient (Wildman–Crippen LogP) is 3.15. The van der Waals surface area contributed by atoms with Gasteiger partial charge in [0.25, 0.3) is 5.89 Å². The summed E-state index contributed by atoms with van der Waals surface area (Å²) in [6.07, 6.45) is 3.35. The van der Waals surface area contributed by atoms with Crippen LogP contribution in [0, 0.1) is 0 Å². The van der Waals surface area contributed by atoms with Gasteiger partial charge in [-0.1, -0.05) is 5.16 Å². The summed E-state index contributed by atoms with van der Waals surface area (Å²) in [4.78, 5) is 8.43. The number of nitrogens with zero attached hydrogens (tertiary/aromatic N) is 3. The van der Waals surface area contributed by atoms with Gasteiger partial charge < -0.3 is 15.0 Å². The highest BCUT2D eigenvalue weighted by molar-refractivity contribution is 9.10. The molecule has 0 aliphatic rings. The molecule has 6 nitrogen and oxygen atoms in total. The Bertz CT molecular complexity index is 788. The number of halogens is 1. The van der Waals surface area contributed by atoms with E-state index in [1.807, 2.05) is 6.07 Å². The third kappa shape index (κ3) is 2.73. The molecule has 0 amide bonds. The Morgan fingerprint density at radius 3 is 2.86 bits per heavy atom. The summed E-state index contributed by atoms with van der Waals surface area (Å²) in [5.41, 5.74) is 7.87. The molecule has 0 atom stereocenters. The summed E-state index contributed by atoms with van der Waals surface area (Å²) in [6.45, 7) is 0. The highest BCUT2D eigenvalue weighted by Gasteiger charge is 2.14. The van der Waals surface area contributed by atoms with E-state index in [1.165, 1.54) is 0 Å². The molecule has 0 fully saturated rings. The highest BCUT2D eigenvalue weighted by atomic mass is 79.9. The van der Waals surface area contributed by atoms with Gasteiger partial charge in [-0.25, -0.2) is 0 Å². The first-order valence-corrected chi connectivity index (χ1v) is 6.85. The molecular weight excluding hydrogens is 336 g/mol. The monoisotopic (exact) mass is 346 g/mol. The lowest BCUT2D eigenvalue weighted by Gasteiger charge is -2.03. The standard InChI is InChI=1S/C14H11BrN4O2/c1-20-10-2-3-12(16)11(5-10)14-18-13(19-21-14)8-4-9(15)7-17-6-8/h2-7H,16H2,1H3. The van der Waals surface area contributed by atoms with Crippen LogP contribution in [-0.2, 0) is 0 Å². The van der Waals surface area contributed by atoms with Gasteiger partial charge in [-0.15, -0.1) is 0 Å². The summed E-state index contributed by atoms with van der Waals surface area (Å²) < 4.78 is 11.3. The van der Waals surface area contributed by atoms with E-state index in [0.717, 1.165) is 10.0 Å². The van der Waals surface area contributed by atoms with E-state index >= 15 is 0 Å². The average Bonchev–Trinajstić information content (AvgIpc) is 2.97. The summed E-state index contributed by atoms with van der Waals surface area (Å²) in [6, 6.07) is 7.12. The number of anilines is 1. The molecule has 2 heterocycles. The fraction of sp³-hybridized carbons (Fsp3) is 0.0714. The number of pyridine rings is 1. The minimum atomic E-state index is 0.335. The van der Waals surface area contributed by atoms with Gasteiger partial charge in [-0.3, -0.25) is 4.98 Å². The van der Waals surface area contributed by atoms with Crippen molar-refractivity contribution in [1.82, 2.24) is 15.1 Å². The van der Waals surface area contributed by atoms with Gasteiger partial charge in [-0.2, -0.15) is 4.98 Å². The lowest BCUT2D eigenvalue weighted by atomic mass is 10.1. The van der Waals surface area contributed by atoms with E-state index < -0.39 is 0 Å². The fourth-order valence-corrected chi connectivity index (χ4v) is 2.20. The molecule has 0 saturated heterocycles. The summed E-state index contributed by atoms with van der Waals surface area (Å²) in [5.74, 6) is 1.45. The second-order valence-electron chi connectivity index (χ2n) is 4.27. The van der Waals surface area contributed by atoms with Crippen LogP contribution in [0.5, 0.6) is 5.75 Å². The highest BCUT2D eigenvalue weighted by Crippen LogP contribution is 2.30. The zero-order valence-electron chi connectivity index (χ0n) is 11.1. The third-order valence-electron chi connectivity index (χ3n) is 2.88. The number of nitrogen functional groups attached to an aromatic ring is 1. The molecule has 0 radical (unpaired) electrons. The number of hydrogen-bond acceptors (Lipinski definition) is 6. The lowest BCUT2D eigenvalue weighted by molar-refractivity contribution is 0.413. The van der Waals surface area contributed by atoms with Crippen molar-refractivity contribution in [3.05, 3.63) is 41.1 Å². The minimum absolute atomic E-state index is 0.335. The molecule has 0 aliphatic carbocycles. The largest absolute Gasteiger partial charge is 0.497 e. The van der Waals surface area contributed by atoms with Crippen molar-refractivity contribution in [1.29, 1.82) is 0 Å². The van der Waals surface area contributed by atoms with Crippen molar-refractivity contribution < 1.29 is 9.26 Å². The molecule has 7 heteroatoms. The minimum Gasteiger partial charge on any atom is -0.497 e. The van der Waals surface area contributed by atoms with Crippen LogP contribution in [0.3, 0.4) is 0 Å². The molecule has 0 spiro atoms. The number of methoxy groups -OCH3 is 1. The van der Waals surface area contributed by atoms with Gasteiger partial charge in [0.1, 0.15) is 5.75 Å². The van der Waals surface area contributed by atoms with Gasteiger partial charge in [0.15, 0.2) is 0 Å². The lowest BCUT2D eigenvalue weighted by Crippen LogP contribution is -1.92. The van der Waals surface area contributed by atoms with Crippen LogP contribution in [0.25, 0.3) is 22.8 Å². The summed E-state index contributed by atoms with van der Waals surface area (Å²) in [7, 11) is 1.59. The van der Waals surface area contributed by atoms with E-state index in [0.29, 0.717) is 28.7 Å². The van der Waals surface area contributed by atoms with E-state index in [9.17, 15) is 0 Å². The second kappa shape index (κ2) is 5.53. The van der Waals surface area contributed by atoms with Crippen LogP contribution in [0.15, 0.2) is 45.7 Å². The Morgan fingerprint density at radius 1 is 1.24 bits per heavy atom. The molecule has 2 aromatic heterocycles. The van der Waals surface area contributed by atoms with Gasteiger partial charge in [0.2, 0.25) is 5.82 Å². The molecule has 0 unspecified atom stereocenters. The van der Waals surface area contributed by atoms with Crippen LogP contribution in [0.4, 0.5) is 5.69 Å². The van der Waals surface area contributed by atoms with Crippen LogP contribution < -0.4 is 10.5 Å². The van der Waals surface area contributed by atoms with E-state index in [-0.39, 0.29) is 0 Å². The SMILES string of the molecule is COc1ccc(N)c(-c2nc(-c3cncc(Br)c3)no2)c1. The maximum absolute atomic E-state index is 5.95. The normalized spacial score (nSPS) is 10.6. The molecule has 21 heavy (non-hydrogen) atoms. The van der Waals surface area contributed by atoms with Crippen LogP contribution >= 0.6 is 15.9 Å². The Hall–Kier alpha value is -2.41. The Morgan fingerprint density at radius 2 is 2.10 bits per heavy atom. The Balaban J connectivity index is 2.02. The number of benzene rings is 1. The van der Waals surface area contributed by atoms with Gasteiger partial charge in [-0.05, 0) is 40.2 Å². The van der Waals surface area contributed by atoms with Crippen molar-refractivity contribution in [2.75, 3.05) is 12.8 Å². The zero-order chi connectivity index (χ0) is 14.8. The van der Waals surface area contributed by atoms with E-state index in [4.69, 9.17) is 15.0 Å². The molecule has 3 rings (SSSR count). The summed E-state index contributed by atoms with van der Waals surface area (Å²) in [5, 5.41) is 3.96. The maximum atomic E-state index is 5.95. The van der Waals surface area contributed by atoms with Crippen molar-refractivity contribution in [2.45, 2.75) is 0 Å². The molecule has 3 aromatic rings. The molecule has 106 valence electrons. The summed E-state index contributed by atoms with van der Waals surface area (Å²) >= 11 is 3.36.